The third kappa shape index (κ3) is 4.71. The van der Waals surface area contributed by atoms with E-state index >= 15 is 0 Å². The van der Waals surface area contributed by atoms with Crippen LogP contribution in [-0.4, -0.2) is 25.1 Å². The highest BCUT2D eigenvalue weighted by Crippen LogP contribution is 2.33. The number of hydrogen-bond acceptors (Lipinski definition) is 3. The Hall–Kier alpha value is -1.07. The molecule has 1 amide bonds. The highest BCUT2D eigenvalue weighted by molar-refractivity contribution is 9.10. The zero-order valence-corrected chi connectivity index (χ0v) is 14.2. The number of halogens is 1. The Bertz CT molecular complexity index is 493. The van der Waals surface area contributed by atoms with Crippen LogP contribution in [0.4, 0.5) is 0 Å². The fraction of sp³-hybridized carbons (Fsp3) is 0.562. The summed E-state index contributed by atoms with van der Waals surface area (Å²) in [5.74, 6) is 1.05. The van der Waals surface area contributed by atoms with Gasteiger partial charge in [-0.1, -0.05) is 22.9 Å². The first-order valence-corrected chi connectivity index (χ1v) is 8.34. The molecule has 0 bridgehead atoms. The standard InChI is InChI=1S/C16H23BrN2O2/c1-3-11(2)19-16(20)6-8-18-14-7-9-21-15-5-4-12(17)10-13(14)15/h4-5,10-11,14,18H,3,6-9H2,1-2H3,(H,19,20). The number of amides is 1. The van der Waals surface area contributed by atoms with Gasteiger partial charge in [-0.3, -0.25) is 4.79 Å². The van der Waals surface area contributed by atoms with E-state index in [2.05, 4.69) is 39.6 Å². The summed E-state index contributed by atoms with van der Waals surface area (Å²) in [6.07, 6.45) is 2.39. The zero-order chi connectivity index (χ0) is 15.2. The molecule has 1 aromatic carbocycles. The molecule has 1 aliphatic rings. The molecule has 2 rings (SSSR count). The van der Waals surface area contributed by atoms with Crippen LogP contribution in [0.15, 0.2) is 22.7 Å². The molecule has 1 aromatic rings. The van der Waals surface area contributed by atoms with Gasteiger partial charge in [-0.25, -0.2) is 0 Å². The number of carbonyl (C=O) groups excluding carboxylic acids is 1. The first-order valence-electron chi connectivity index (χ1n) is 7.55. The second kappa shape index (κ2) is 7.80. The SMILES string of the molecule is CCC(C)NC(=O)CCNC1CCOc2ccc(Br)cc21. The molecule has 1 aliphatic heterocycles. The summed E-state index contributed by atoms with van der Waals surface area (Å²) in [5, 5.41) is 6.45. The van der Waals surface area contributed by atoms with Gasteiger partial charge in [-0.2, -0.15) is 0 Å². The Morgan fingerprint density at radius 2 is 2.33 bits per heavy atom. The van der Waals surface area contributed by atoms with Crippen LogP contribution in [0.3, 0.4) is 0 Å². The van der Waals surface area contributed by atoms with Crippen LogP contribution in [0.25, 0.3) is 0 Å². The van der Waals surface area contributed by atoms with E-state index in [1.165, 1.54) is 0 Å². The van der Waals surface area contributed by atoms with Crippen molar-refractivity contribution in [1.29, 1.82) is 0 Å². The minimum Gasteiger partial charge on any atom is -0.493 e. The van der Waals surface area contributed by atoms with Crippen molar-refractivity contribution in [1.82, 2.24) is 10.6 Å². The summed E-state index contributed by atoms with van der Waals surface area (Å²) in [5.41, 5.74) is 1.16. The highest BCUT2D eigenvalue weighted by atomic mass is 79.9. The minimum absolute atomic E-state index is 0.110. The maximum absolute atomic E-state index is 11.8. The molecule has 4 nitrogen and oxygen atoms in total. The van der Waals surface area contributed by atoms with Crippen LogP contribution in [0.5, 0.6) is 5.75 Å². The number of benzene rings is 1. The second-order valence-corrected chi connectivity index (χ2v) is 6.37. The Kier molecular flexibility index (Phi) is 6.06. The Balaban J connectivity index is 1.85. The summed E-state index contributed by atoms with van der Waals surface area (Å²) in [4.78, 5) is 11.8. The predicted octanol–water partition coefficient (Wildman–Crippen LogP) is 3.17. The van der Waals surface area contributed by atoms with Crippen LogP contribution in [0.1, 0.15) is 44.7 Å². The van der Waals surface area contributed by atoms with Gasteiger partial charge < -0.3 is 15.4 Å². The van der Waals surface area contributed by atoms with Gasteiger partial charge in [0.1, 0.15) is 5.75 Å². The molecule has 0 aromatic heterocycles. The summed E-state index contributed by atoms with van der Waals surface area (Å²) >= 11 is 3.50. The molecule has 116 valence electrons. The topological polar surface area (TPSA) is 50.4 Å². The van der Waals surface area contributed by atoms with E-state index in [0.29, 0.717) is 19.6 Å². The molecule has 0 aliphatic carbocycles. The predicted molar refractivity (Wildman–Crippen MR) is 87.5 cm³/mol. The van der Waals surface area contributed by atoms with Crippen LogP contribution < -0.4 is 15.4 Å². The number of fused-ring (bicyclic) bond motifs is 1. The van der Waals surface area contributed by atoms with Crippen LogP contribution in [-0.2, 0) is 4.79 Å². The molecule has 0 fully saturated rings. The van der Waals surface area contributed by atoms with Crippen molar-refractivity contribution >= 4 is 21.8 Å². The van der Waals surface area contributed by atoms with Crippen LogP contribution in [0.2, 0.25) is 0 Å². The number of hydrogen-bond donors (Lipinski definition) is 2. The third-order valence-electron chi connectivity index (χ3n) is 3.77. The summed E-state index contributed by atoms with van der Waals surface area (Å²) in [6, 6.07) is 6.56. The number of ether oxygens (including phenoxy) is 1. The molecule has 0 saturated heterocycles. The van der Waals surface area contributed by atoms with Gasteiger partial charge in [0.2, 0.25) is 5.91 Å². The molecule has 5 heteroatoms. The zero-order valence-electron chi connectivity index (χ0n) is 12.6. The van der Waals surface area contributed by atoms with Crippen molar-refractivity contribution in [3.05, 3.63) is 28.2 Å². The fourth-order valence-corrected chi connectivity index (χ4v) is 2.77. The van der Waals surface area contributed by atoms with Gasteiger partial charge in [0.05, 0.1) is 6.61 Å². The summed E-state index contributed by atoms with van der Waals surface area (Å²) in [7, 11) is 0. The lowest BCUT2D eigenvalue weighted by Gasteiger charge is -2.27. The van der Waals surface area contributed by atoms with Crippen molar-refractivity contribution in [2.75, 3.05) is 13.2 Å². The second-order valence-electron chi connectivity index (χ2n) is 5.45. The third-order valence-corrected chi connectivity index (χ3v) is 4.27. The van der Waals surface area contributed by atoms with Gasteiger partial charge >= 0.3 is 0 Å². The molecule has 21 heavy (non-hydrogen) atoms. The Morgan fingerprint density at radius 1 is 1.52 bits per heavy atom. The first kappa shape index (κ1) is 16.3. The van der Waals surface area contributed by atoms with Crippen LogP contribution in [0, 0.1) is 0 Å². The maximum Gasteiger partial charge on any atom is 0.221 e. The number of carbonyl (C=O) groups is 1. The van der Waals surface area contributed by atoms with E-state index in [1.807, 2.05) is 19.1 Å². The molecule has 0 radical (unpaired) electrons. The monoisotopic (exact) mass is 354 g/mol. The number of rotatable bonds is 6. The summed E-state index contributed by atoms with van der Waals surface area (Å²) < 4.78 is 6.71. The van der Waals surface area contributed by atoms with Gasteiger partial charge in [-0.05, 0) is 31.5 Å². The molecular weight excluding hydrogens is 332 g/mol. The molecular formula is C16H23BrN2O2. The lowest BCUT2D eigenvalue weighted by molar-refractivity contribution is -0.121. The van der Waals surface area contributed by atoms with Crippen molar-refractivity contribution in [2.45, 2.75) is 45.2 Å². The van der Waals surface area contributed by atoms with E-state index in [-0.39, 0.29) is 18.0 Å². The smallest absolute Gasteiger partial charge is 0.221 e. The Morgan fingerprint density at radius 3 is 3.10 bits per heavy atom. The molecule has 0 spiro atoms. The summed E-state index contributed by atoms with van der Waals surface area (Å²) in [6.45, 7) is 5.49. The van der Waals surface area contributed by atoms with E-state index in [4.69, 9.17) is 4.74 Å². The average molecular weight is 355 g/mol. The average Bonchev–Trinajstić information content (AvgIpc) is 2.47. The van der Waals surface area contributed by atoms with Gasteiger partial charge in [0.25, 0.3) is 0 Å². The lowest BCUT2D eigenvalue weighted by atomic mass is 10.0. The normalized spacial score (nSPS) is 18.5. The fourth-order valence-electron chi connectivity index (χ4n) is 2.39. The van der Waals surface area contributed by atoms with E-state index < -0.39 is 0 Å². The van der Waals surface area contributed by atoms with Crippen molar-refractivity contribution in [3.8, 4) is 5.75 Å². The van der Waals surface area contributed by atoms with Crippen molar-refractivity contribution < 1.29 is 9.53 Å². The highest BCUT2D eigenvalue weighted by Gasteiger charge is 2.21. The lowest BCUT2D eigenvalue weighted by Crippen LogP contribution is -2.35. The Labute approximate surface area is 134 Å². The molecule has 2 unspecified atom stereocenters. The van der Waals surface area contributed by atoms with Gasteiger partial charge in [-0.15, -0.1) is 0 Å². The van der Waals surface area contributed by atoms with Gasteiger partial charge in [0, 0.05) is 41.5 Å². The maximum atomic E-state index is 11.8. The van der Waals surface area contributed by atoms with Crippen molar-refractivity contribution in [2.24, 2.45) is 0 Å². The molecule has 2 N–H and O–H groups in total. The van der Waals surface area contributed by atoms with Crippen LogP contribution >= 0.6 is 15.9 Å². The largest absolute Gasteiger partial charge is 0.493 e. The van der Waals surface area contributed by atoms with E-state index in [1.54, 1.807) is 0 Å². The minimum atomic E-state index is 0.110. The van der Waals surface area contributed by atoms with E-state index in [0.717, 1.165) is 28.6 Å². The number of nitrogens with one attached hydrogen (secondary N) is 2. The molecule has 0 saturated carbocycles. The van der Waals surface area contributed by atoms with Gasteiger partial charge in [0.15, 0.2) is 0 Å². The quantitative estimate of drug-likeness (QED) is 0.824. The van der Waals surface area contributed by atoms with E-state index in [9.17, 15) is 4.79 Å². The first-order chi connectivity index (χ1) is 10.1. The van der Waals surface area contributed by atoms with Crippen molar-refractivity contribution in [3.63, 3.8) is 0 Å². The molecule has 2 atom stereocenters. The molecule has 1 heterocycles.